The van der Waals surface area contributed by atoms with E-state index in [9.17, 15) is 27.6 Å². The zero-order valence-electron chi connectivity index (χ0n) is 19.2. The highest BCUT2D eigenvalue weighted by Gasteiger charge is 2.63. The molecule has 1 aliphatic heterocycles. The van der Waals surface area contributed by atoms with E-state index in [1.165, 1.54) is 6.92 Å². The molecular formula is C23H29F3N4O4. The SMILES string of the molecule is C[C@H](OC(=O)NCC1(C(F)(F)F)CC1)C(=O)N[C@H]1CN(C)c2ccccc2N(CC2CC2)C1=O. The first-order chi connectivity index (χ1) is 16.0. The molecule has 0 unspecified atom stereocenters. The first kappa shape index (κ1) is 24.2. The van der Waals surface area contributed by atoms with Crippen LogP contribution < -0.4 is 20.4 Å². The van der Waals surface area contributed by atoms with Gasteiger partial charge in [-0.25, -0.2) is 4.79 Å². The molecule has 0 bridgehead atoms. The Bertz CT molecular complexity index is 962. The quantitative estimate of drug-likeness (QED) is 0.624. The van der Waals surface area contributed by atoms with Gasteiger partial charge in [-0.2, -0.15) is 13.2 Å². The number of para-hydroxylation sites is 2. The molecule has 2 atom stereocenters. The molecule has 186 valence electrons. The summed E-state index contributed by atoms with van der Waals surface area (Å²) >= 11 is 0. The normalized spacial score (nSPS) is 22.4. The lowest BCUT2D eigenvalue weighted by molar-refractivity contribution is -0.185. The molecule has 11 heteroatoms. The molecule has 0 aromatic heterocycles. The molecule has 2 N–H and O–H groups in total. The number of nitrogens with one attached hydrogen (secondary N) is 2. The number of likely N-dealkylation sites (N-methyl/N-ethyl adjacent to an activating group) is 1. The number of alkyl carbamates (subject to hydrolysis) is 1. The molecule has 1 aromatic carbocycles. The average molecular weight is 483 g/mol. The van der Waals surface area contributed by atoms with Crippen molar-refractivity contribution >= 4 is 29.3 Å². The zero-order valence-corrected chi connectivity index (χ0v) is 19.2. The molecule has 1 aromatic rings. The number of hydrogen-bond acceptors (Lipinski definition) is 5. The summed E-state index contributed by atoms with van der Waals surface area (Å²) in [6.45, 7) is 1.50. The van der Waals surface area contributed by atoms with Gasteiger partial charge in [0, 0.05) is 26.7 Å². The van der Waals surface area contributed by atoms with Gasteiger partial charge < -0.3 is 25.2 Å². The fraction of sp³-hybridized carbons (Fsp3) is 0.609. The minimum atomic E-state index is -4.40. The minimum Gasteiger partial charge on any atom is -0.436 e. The van der Waals surface area contributed by atoms with Crippen molar-refractivity contribution in [3.8, 4) is 0 Å². The highest BCUT2D eigenvalue weighted by atomic mass is 19.4. The largest absolute Gasteiger partial charge is 0.436 e. The Balaban J connectivity index is 1.37. The van der Waals surface area contributed by atoms with E-state index in [2.05, 4.69) is 10.6 Å². The molecule has 0 spiro atoms. The first-order valence-electron chi connectivity index (χ1n) is 11.4. The molecule has 2 saturated carbocycles. The Morgan fingerprint density at radius 2 is 1.85 bits per heavy atom. The number of nitrogens with zero attached hydrogens (tertiary/aromatic N) is 2. The third-order valence-electron chi connectivity index (χ3n) is 6.74. The van der Waals surface area contributed by atoms with E-state index in [4.69, 9.17) is 4.74 Å². The van der Waals surface area contributed by atoms with Crippen LogP contribution in [0.1, 0.15) is 32.6 Å². The molecule has 2 aliphatic carbocycles. The van der Waals surface area contributed by atoms with E-state index in [0.29, 0.717) is 12.5 Å². The lowest BCUT2D eigenvalue weighted by atomic mass is 10.1. The van der Waals surface area contributed by atoms with Crippen molar-refractivity contribution in [2.45, 2.75) is 50.9 Å². The number of carbonyl (C=O) groups excluding carboxylic acids is 3. The standard InChI is InChI=1S/C23H29F3N4O4/c1-14(34-21(33)27-13-22(9-10-22)23(24,25)26)19(31)28-16-12-29(2)17-5-3-4-6-18(17)30(20(16)32)11-15-7-8-15/h3-6,14-16H,7-13H2,1-2H3,(H,27,33)(H,28,31)/t14-,16-/m0/s1. The lowest BCUT2D eigenvalue weighted by Crippen LogP contribution is -2.54. The van der Waals surface area contributed by atoms with Gasteiger partial charge in [-0.05, 0) is 50.7 Å². The van der Waals surface area contributed by atoms with Gasteiger partial charge in [-0.15, -0.1) is 0 Å². The molecular weight excluding hydrogens is 453 g/mol. The summed E-state index contributed by atoms with van der Waals surface area (Å²) in [5.74, 6) is -0.528. The molecule has 3 amide bonds. The number of halogens is 3. The van der Waals surface area contributed by atoms with Gasteiger partial charge in [0.25, 0.3) is 11.8 Å². The summed E-state index contributed by atoms with van der Waals surface area (Å²) in [6.07, 6.45) is -4.80. The van der Waals surface area contributed by atoms with Gasteiger partial charge >= 0.3 is 12.3 Å². The molecule has 34 heavy (non-hydrogen) atoms. The molecule has 8 nitrogen and oxygen atoms in total. The van der Waals surface area contributed by atoms with Crippen molar-refractivity contribution in [3.63, 3.8) is 0 Å². The van der Waals surface area contributed by atoms with Crippen molar-refractivity contribution in [1.82, 2.24) is 10.6 Å². The minimum absolute atomic E-state index is 0.0517. The van der Waals surface area contributed by atoms with Crippen LogP contribution in [0.3, 0.4) is 0 Å². The molecule has 0 saturated heterocycles. The Labute approximate surface area is 195 Å². The van der Waals surface area contributed by atoms with Crippen molar-refractivity contribution < 1.29 is 32.3 Å². The number of carbonyl (C=O) groups is 3. The van der Waals surface area contributed by atoms with Crippen molar-refractivity contribution in [3.05, 3.63) is 24.3 Å². The number of ether oxygens (including phenoxy) is 1. The maximum atomic E-state index is 13.4. The second kappa shape index (κ2) is 8.99. The zero-order chi connectivity index (χ0) is 24.7. The van der Waals surface area contributed by atoms with Crippen LogP contribution in [0.25, 0.3) is 0 Å². The van der Waals surface area contributed by atoms with E-state index >= 15 is 0 Å². The van der Waals surface area contributed by atoms with Gasteiger partial charge in [-0.1, -0.05) is 12.1 Å². The van der Waals surface area contributed by atoms with Gasteiger partial charge in [0.05, 0.1) is 16.8 Å². The van der Waals surface area contributed by atoms with Crippen molar-refractivity contribution in [2.24, 2.45) is 11.3 Å². The van der Waals surface area contributed by atoms with E-state index in [-0.39, 0.29) is 25.3 Å². The third kappa shape index (κ3) is 5.07. The topological polar surface area (TPSA) is 91.0 Å². The van der Waals surface area contributed by atoms with Crippen LogP contribution >= 0.6 is 0 Å². The second-order valence-electron chi connectivity index (χ2n) is 9.50. The third-order valence-corrected chi connectivity index (χ3v) is 6.74. The molecule has 0 radical (unpaired) electrons. The maximum absolute atomic E-state index is 13.4. The number of benzene rings is 1. The molecule has 2 fully saturated rings. The summed E-state index contributed by atoms with van der Waals surface area (Å²) < 4.78 is 44.0. The Morgan fingerprint density at radius 1 is 1.21 bits per heavy atom. The fourth-order valence-electron chi connectivity index (χ4n) is 4.12. The van der Waals surface area contributed by atoms with Crippen molar-refractivity contribution in [1.29, 1.82) is 0 Å². The van der Waals surface area contributed by atoms with Crippen LogP contribution in [0.2, 0.25) is 0 Å². The van der Waals surface area contributed by atoms with E-state index in [1.54, 1.807) is 4.90 Å². The van der Waals surface area contributed by atoms with Crippen LogP contribution in [0, 0.1) is 11.3 Å². The van der Waals surface area contributed by atoms with Crippen LogP contribution in [-0.4, -0.2) is 62.9 Å². The molecule has 1 heterocycles. The van der Waals surface area contributed by atoms with Crippen LogP contribution in [0.4, 0.5) is 29.3 Å². The lowest BCUT2D eigenvalue weighted by Gasteiger charge is -2.26. The summed E-state index contributed by atoms with van der Waals surface area (Å²) in [4.78, 5) is 41.7. The van der Waals surface area contributed by atoms with Gasteiger partial charge in [0.1, 0.15) is 6.04 Å². The Hall–Kier alpha value is -2.98. The average Bonchev–Trinajstić information content (AvgIpc) is 3.69. The number of hydrogen-bond donors (Lipinski definition) is 2. The van der Waals surface area contributed by atoms with Gasteiger partial charge in [-0.3, -0.25) is 9.59 Å². The molecule has 4 rings (SSSR count). The maximum Gasteiger partial charge on any atom is 0.407 e. The summed E-state index contributed by atoms with van der Waals surface area (Å²) in [7, 11) is 1.83. The highest BCUT2D eigenvalue weighted by Crippen LogP contribution is 2.57. The van der Waals surface area contributed by atoms with Crippen LogP contribution in [0.5, 0.6) is 0 Å². The predicted molar refractivity (Wildman–Crippen MR) is 118 cm³/mol. The number of amides is 3. The van der Waals surface area contributed by atoms with E-state index < -0.39 is 42.3 Å². The second-order valence-corrected chi connectivity index (χ2v) is 9.50. The number of rotatable bonds is 7. The molecule has 3 aliphatic rings. The van der Waals surface area contributed by atoms with E-state index in [1.807, 2.05) is 36.2 Å². The monoisotopic (exact) mass is 482 g/mol. The van der Waals surface area contributed by atoms with Crippen LogP contribution in [-0.2, 0) is 14.3 Å². The van der Waals surface area contributed by atoms with E-state index in [0.717, 1.165) is 24.2 Å². The van der Waals surface area contributed by atoms with Gasteiger partial charge in [0.2, 0.25) is 0 Å². The summed E-state index contributed by atoms with van der Waals surface area (Å²) in [5, 5.41) is 4.76. The van der Waals surface area contributed by atoms with Crippen LogP contribution in [0.15, 0.2) is 24.3 Å². The smallest absolute Gasteiger partial charge is 0.407 e. The number of alkyl halides is 3. The number of fused-ring (bicyclic) bond motifs is 1. The Kier molecular flexibility index (Phi) is 6.39. The fourth-order valence-corrected chi connectivity index (χ4v) is 4.12. The predicted octanol–water partition coefficient (Wildman–Crippen LogP) is 2.82. The number of anilines is 2. The summed E-state index contributed by atoms with van der Waals surface area (Å²) in [5.41, 5.74) is -0.258. The summed E-state index contributed by atoms with van der Waals surface area (Å²) in [6, 6.07) is 6.65. The van der Waals surface area contributed by atoms with Crippen molar-refractivity contribution in [2.75, 3.05) is 36.5 Å². The van der Waals surface area contributed by atoms with Gasteiger partial charge in [0.15, 0.2) is 6.10 Å². The Morgan fingerprint density at radius 3 is 2.44 bits per heavy atom. The first-order valence-corrected chi connectivity index (χ1v) is 11.4. The highest BCUT2D eigenvalue weighted by molar-refractivity contribution is 6.03.